The lowest BCUT2D eigenvalue weighted by Gasteiger charge is -2.31. The van der Waals surface area contributed by atoms with Crippen molar-refractivity contribution in [1.29, 1.82) is 0 Å². The summed E-state index contributed by atoms with van der Waals surface area (Å²) in [4.78, 5) is 20.0. The number of anilines is 1. The zero-order valence-corrected chi connectivity index (χ0v) is 20.2. The Kier molecular flexibility index (Phi) is 6.61. The van der Waals surface area contributed by atoms with Crippen molar-refractivity contribution in [3.63, 3.8) is 0 Å². The molecular formula is C22H27ClN6O4S. The molecule has 0 saturated carbocycles. The molecule has 182 valence electrons. The summed E-state index contributed by atoms with van der Waals surface area (Å²) in [6.45, 7) is 2.73. The lowest BCUT2D eigenvalue weighted by Crippen LogP contribution is -2.41. The van der Waals surface area contributed by atoms with Gasteiger partial charge in [-0.15, -0.1) is 0 Å². The van der Waals surface area contributed by atoms with E-state index in [4.69, 9.17) is 16.3 Å². The van der Waals surface area contributed by atoms with E-state index in [1.54, 1.807) is 24.5 Å². The van der Waals surface area contributed by atoms with Crippen LogP contribution in [0.3, 0.4) is 0 Å². The molecule has 5 rings (SSSR count). The number of ether oxygens (including phenoxy) is 1. The van der Waals surface area contributed by atoms with E-state index < -0.39 is 10.0 Å². The van der Waals surface area contributed by atoms with Crippen molar-refractivity contribution in [2.75, 3.05) is 38.2 Å². The Morgan fingerprint density at radius 3 is 2.82 bits per heavy atom. The molecule has 0 unspecified atom stereocenters. The maximum Gasteiger partial charge on any atom is 0.287 e. The Morgan fingerprint density at radius 2 is 2.09 bits per heavy atom. The van der Waals surface area contributed by atoms with E-state index in [-0.39, 0.29) is 34.7 Å². The Balaban J connectivity index is 1.25. The van der Waals surface area contributed by atoms with Crippen LogP contribution in [0.5, 0.6) is 0 Å². The number of fused-ring (bicyclic) bond motifs is 1. The van der Waals surface area contributed by atoms with E-state index in [2.05, 4.69) is 20.4 Å². The molecule has 5 heterocycles. The average molecular weight is 507 g/mol. The third kappa shape index (κ3) is 4.57. The molecule has 0 amide bonds. The number of piperidine rings is 1. The molecule has 0 radical (unpaired) electrons. The van der Waals surface area contributed by atoms with Crippen molar-refractivity contribution in [3.05, 3.63) is 46.0 Å². The summed E-state index contributed by atoms with van der Waals surface area (Å²) < 4.78 is 34.5. The van der Waals surface area contributed by atoms with Crippen molar-refractivity contribution in [3.8, 4) is 0 Å². The average Bonchev–Trinajstić information content (AvgIpc) is 3.31. The Labute approximate surface area is 202 Å². The third-order valence-corrected chi connectivity index (χ3v) is 8.72. The van der Waals surface area contributed by atoms with Crippen LogP contribution in [0.1, 0.15) is 31.7 Å². The van der Waals surface area contributed by atoms with E-state index in [1.165, 1.54) is 8.99 Å². The first-order valence-corrected chi connectivity index (χ1v) is 13.3. The number of pyridine rings is 1. The van der Waals surface area contributed by atoms with Gasteiger partial charge in [0, 0.05) is 37.8 Å². The van der Waals surface area contributed by atoms with Gasteiger partial charge in [0.05, 0.1) is 24.5 Å². The molecule has 0 aromatic carbocycles. The summed E-state index contributed by atoms with van der Waals surface area (Å²) in [5.41, 5.74) is 0.682. The van der Waals surface area contributed by atoms with Crippen LogP contribution in [0, 0.1) is 5.92 Å². The third-order valence-electron chi connectivity index (χ3n) is 6.53. The lowest BCUT2D eigenvalue weighted by molar-refractivity contribution is 0.0595. The first-order chi connectivity index (χ1) is 16.4. The largest absolute Gasteiger partial charge is 0.382 e. The highest BCUT2D eigenvalue weighted by atomic mass is 35.5. The fourth-order valence-electron chi connectivity index (χ4n) is 4.59. The molecule has 12 heteroatoms. The summed E-state index contributed by atoms with van der Waals surface area (Å²) in [6, 6.07) is 4.95. The van der Waals surface area contributed by atoms with Gasteiger partial charge in [0.1, 0.15) is 15.7 Å². The van der Waals surface area contributed by atoms with Crippen molar-refractivity contribution < 1.29 is 13.2 Å². The van der Waals surface area contributed by atoms with Crippen LogP contribution in [0.2, 0.25) is 5.02 Å². The van der Waals surface area contributed by atoms with E-state index >= 15 is 0 Å². The van der Waals surface area contributed by atoms with Crippen LogP contribution in [-0.2, 0) is 14.8 Å². The number of hydrogen-bond acceptors (Lipinski definition) is 7. The quantitative estimate of drug-likeness (QED) is 0.527. The van der Waals surface area contributed by atoms with Crippen LogP contribution in [0.15, 0.2) is 40.4 Å². The minimum Gasteiger partial charge on any atom is -0.382 e. The molecule has 1 atom stereocenters. The molecule has 2 N–H and O–H groups in total. The Morgan fingerprint density at radius 1 is 1.26 bits per heavy atom. The van der Waals surface area contributed by atoms with E-state index in [1.807, 2.05) is 6.07 Å². The number of rotatable bonds is 6. The summed E-state index contributed by atoms with van der Waals surface area (Å²) >= 11 is 6.37. The van der Waals surface area contributed by atoms with E-state index in [0.29, 0.717) is 43.2 Å². The number of aromatic nitrogens is 4. The molecule has 3 aromatic rings. The van der Waals surface area contributed by atoms with Gasteiger partial charge in [-0.25, -0.2) is 18.1 Å². The molecule has 2 fully saturated rings. The minimum atomic E-state index is -3.69. The highest BCUT2D eigenvalue weighted by Gasteiger charge is 2.32. The van der Waals surface area contributed by atoms with Crippen LogP contribution >= 0.6 is 11.6 Å². The van der Waals surface area contributed by atoms with Gasteiger partial charge < -0.3 is 15.0 Å². The van der Waals surface area contributed by atoms with Crippen molar-refractivity contribution in [1.82, 2.24) is 24.1 Å². The molecule has 0 bridgehead atoms. The zero-order valence-electron chi connectivity index (χ0n) is 18.6. The fourth-order valence-corrected chi connectivity index (χ4v) is 6.26. The predicted molar refractivity (Wildman–Crippen MR) is 129 cm³/mol. The van der Waals surface area contributed by atoms with Crippen molar-refractivity contribution in [2.45, 2.75) is 36.8 Å². The standard InChI is InChI=1S/C22H27ClN6O4S/c23-20-18(25-12-15-3-2-10-33-14-15)13-26-29(22(20)30)17-5-8-28(9-6-17)34(31,32)19-11-16-4-1-7-24-21(16)27-19/h1,4,7,11,13,15,17,25H,2-3,5-6,8-10,12,14H2,(H,24,27)/t15-/m1/s1. The van der Waals surface area contributed by atoms with E-state index in [0.717, 1.165) is 24.8 Å². The summed E-state index contributed by atoms with van der Waals surface area (Å²) in [6.07, 6.45) is 6.23. The number of aromatic amines is 1. The summed E-state index contributed by atoms with van der Waals surface area (Å²) in [5.74, 6) is 0.381. The van der Waals surface area contributed by atoms with Gasteiger partial charge in [-0.1, -0.05) is 11.6 Å². The molecule has 3 aromatic heterocycles. The molecule has 2 aliphatic rings. The number of halogens is 1. The number of sulfonamides is 1. The maximum absolute atomic E-state index is 13.1. The monoisotopic (exact) mass is 506 g/mol. The second-order valence-electron chi connectivity index (χ2n) is 8.80. The highest BCUT2D eigenvalue weighted by molar-refractivity contribution is 7.89. The van der Waals surface area contributed by atoms with Gasteiger partial charge >= 0.3 is 0 Å². The fraction of sp³-hybridized carbons (Fsp3) is 0.500. The molecule has 2 aliphatic heterocycles. The maximum atomic E-state index is 13.1. The van der Waals surface area contributed by atoms with Gasteiger partial charge in [0.25, 0.3) is 15.6 Å². The van der Waals surface area contributed by atoms with Gasteiger partial charge in [-0.2, -0.15) is 9.40 Å². The van der Waals surface area contributed by atoms with Crippen LogP contribution in [-0.4, -0.2) is 65.3 Å². The zero-order chi connectivity index (χ0) is 23.7. The van der Waals surface area contributed by atoms with Gasteiger partial charge in [0.15, 0.2) is 0 Å². The minimum absolute atomic E-state index is 0.104. The van der Waals surface area contributed by atoms with Crippen molar-refractivity contribution in [2.24, 2.45) is 5.92 Å². The number of nitrogens with zero attached hydrogens (tertiary/aromatic N) is 4. The molecule has 0 aliphatic carbocycles. The number of hydrogen-bond donors (Lipinski definition) is 2. The second-order valence-corrected chi connectivity index (χ2v) is 11.1. The summed E-state index contributed by atoms with van der Waals surface area (Å²) in [5, 5.41) is 8.54. The van der Waals surface area contributed by atoms with E-state index in [9.17, 15) is 13.2 Å². The van der Waals surface area contributed by atoms with Crippen molar-refractivity contribution >= 4 is 38.3 Å². The first kappa shape index (κ1) is 23.3. The molecule has 2 saturated heterocycles. The normalized spacial score (nSPS) is 20.6. The smallest absolute Gasteiger partial charge is 0.287 e. The Hall–Kier alpha value is -2.47. The topological polar surface area (TPSA) is 122 Å². The summed E-state index contributed by atoms with van der Waals surface area (Å²) in [7, 11) is -3.69. The highest BCUT2D eigenvalue weighted by Crippen LogP contribution is 2.28. The SMILES string of the molecule is O=c1c(Cl)c(NC[C@H]2CCCOC2)cnn1C1CCN(S(=O)(=O)c2cc3cccnc3[nH]2)CC1. The molecular weight excluding hydrogens is 480 g/mol. The molecule has 0 spiro atoms. The Bertz CT molecular complexity index is 1290. The second kappa shape index (κ2) is 9.65. The number of H-pyrrole nitrogens is 1. The number of nitrogens with one attached hydrogen (secondary N) is 2. The van der Waals surface area contributed by atoms with Crippen LogP contribution in [0.25, 0.3) is 11.0 Å². The molecule has 34 heavy (non-hydrogen) atoms. The van der Waals surface area contributed by atoms with Gasteiger partial charge in [-0.05, 0) is 49.8 Å². The molecule has 10 nitrogen and oxygen atoms in total. The first-order valence-electron chi connectivity index (χ1n) is 11.5. The van der Waals surface area contributed by atoms with Crippen LogP contribution < -0.4 is 10.9 Å². The lowest BCUT2D eigenvalue weighted by atomic mass is 10.0. The van der Waals surface area contributed by atoms with Gasteiger partial charge in [-0.3, -0.25) is 4.79 Å². The van der Waals surface area contributed by atoms with Crippen LogP contribution in [0.4, 0.5) is 5.69 Å². The van der Waals surface area contributed by atoms with Gasteiger partial charge in [0.2, 0.25) is 0 Å². The predicted octanol–water partition coefficient (Wildman–Crippen LogP) is 2.64.